The Labute approximate surface area is 181 Å². The van der Waals surface area contributed by atoms with Crippen molar-refractivity contribution < 1.29 is 19.3 Å². The lowest BCUT2D eigenvalue weighted by atomic mass is 9.83. The quantitative estimate of drug-likeness (QED) is 0.273. The fourth-order valence-corrected chi connectivity index (χ4v) is 3.22. The monoisotopic (exact) mass is 417 g/mol. The lowest BCUT2D eigenvalue weighted by Crippen LogP contribution is -2.34. The molecule has 0 aromatic carbocycles. The standard InChI is InChI=1S/C24H51NO4/c1-7-23(5,8-2)20-29-22-24(9-3,10-4)21-28-18-15-25(6)14-12-11-13-17-27-19-16-26/h26H,7-22H2,1-6H3. The number of likely N-dealkylation sites (N-methyl/N-ethyl adjacent to an activating group) is 1. The van der Waals surface area contributed by atoms with E-state index in [1.165, 1.54) is 6.42 Å². The molecule has 0 bridgehead atoms. The van der Waals surface area contributed by atoms with E-state index in [4.69, 9.17) is 19.3 Å². The molecule has 0 atom stereocenters. The van der Waals surface area contributed by atoms with E-state index in [-0.39, 0.29) is 12.0 Å². The summed E-state index contributed by atoms with van der Waals surface area (Å²) in [6.45, 7) is 17.9. The third-order valence-corrected chi connectivity index (χ3v) is 6.66. The molecule has 0 aromatic rings. The van der Waals surface area contributed by atoms with Crippen molar-refractivity contribution in [3.05, 3.63) is 0 Å². The highest BCUT2D eigenvalue weighted by molar-refractivity contribution is 4.77. The topological polar surface area (TPSA) is 51.2 Å². The Balaban J connectivity index is 3.99. The summed E-state index contributed by atoms with van der Waals surface area (Å²) in [6, 6.07) is 0. The largest absolute Gasteiger partial charge is 0.394 e. The third-order valence-electron chi connectivity index (χ3n) is 6.66. The lowest BCUT2D eigenvalue weighted by Gasteiger charge is -2.34. The first-order chi connectivity index (χ1) is 13.9. The van der Waals surface area contributed by atoms with Crippen LogP contribution in [0.1, 0.15) is 79.6 Å². The fraction of sp³-hybridized carbons (Fsp3) is 1.00. The average Bonchev–Trinajstić information content (AvgIpc) is 2.74. The minimum absolute atomic E-state index is 0.114. The molecule has 0 saturated carbocycles. The predicted molar refractivity (Wildman–Crippen MR) is 123 cm³/mol. The zero-order valence-corrected chi connectivity index (χ0v) is 20.4. The van der Waals surface area contributed by atoms with Gasteiger partial charge in [-0.15, -0.1) is 0 Å². The summed E-state index contributed by atoms with van der Waals surface area (Å²) in [4.78, 5) is 2.35. The van der Waals surface area contributed by atoms with Gasteiger partial charge in [-0.3, -0.25) is 0 Å². The minimum atomic E-state index is 0.114. The molecule has 0 spiro atoms. The first-order valence-electron chi connectivity index (χ1n) is 11.9. The first-order valence-corrected chi connectivity index (χ1v) is 11.9. The molecule has 0 saturated heterocycles. The number of nitrogens with zero attached hydrogens (tertiary/aromatic N) is 1. The van der Waals surface area contributed by atoms with Crippen LogP contribution in [-0.2, 0) is 14.2 Å². The van der Waals surface area contributed by atoms with Crippen LogP contribution in [-0.4, -0.2) is 76.4 Å². The molecule has 29 heavy (non-hydrogen) atoms. The number of rotatable bonds is 21. The summed E-state index contributed by atoms with van der Waals surface area (Å²) in [7, 11) is 2.16. The Morgan fingerprint density at radius 1 is 0.690 bits per heavy atom. The molecule has 0 unspecified atom stereocenters. The molecule has 0 aromatic heterocycles. The van der Waals surface area contributed by atoms with Crippen LogP contribution >= 0.6 is 0 Å². The van der Waals surface area contributed by atoms with Gasteiger partial charge in [0.15, 0.2) is 0 Å². The zero-order valence-electron chi connectivity index (χ0n) is 20.4. The van der Waals surface area contributed by atoms with Gasteiger partial charge in [-0.2, -0.15) is 0 Å². The van der Waals surface area contributed by atoms with Crippen LogP contribution < -0.4 is 0 Å². The molecule has 0 amide bonds. The van der Waals surface area contributed by atoms with E-state index in [1.807, 2.05) is 0 Å². The van der Waals surface area contributed by atoms with E-state index in [1.54, 1.807) is 0 Å². The summed E-state index contributed by atoms with van der Waals surface area (Å²) in [5.41, 5.74) is 0.428. The van der Waals surface area contributed by atoms with Gasteiger partial charge in [-0.1, -0.05) is 34.6 Å². The van der Waals surface area contributed by atoms with Gasteiger partial charge < -0.3 is 24.2 Å². The van der Waals surface area contributed by atoms with Crippen molar-refractivity contribution in [1.29, 1.82) is 0 Å². The number of aliphatic hydroxyl groups is 1. The molecular weight excluding hydrogens is 366 g/mol. The van der Waals surface area contributed by atoms with Gasteiger partial charge >= 0.3 is 0 Å². The molecule has 1 N–H and O–H groups in total. The number of hydrogen-bond donors (Lipinski definition) is 1. The second kappa shape index (κ2) is 17.5. The zero-order chi connectivity index (χ0) is 22.0. The number of aliphatic hydroxyl groups excluding tert-OH is 1. The van der Waals surface area contributed by atoms with Crippen LogP contribution in [0.2, 0.25) is 0 Å². The van der Waals surface area contributed by atoms with Gasteiger partial charge in [0, 0.05) is 18.6 Å². The van der Waals surface area contributed by atoms with Crippen LogP contribution in [0, 0.1) is 10.8 Å². The highest BCUT2D eigenvalue weighted by Crippen LogP contribution is 2.30. The Bertz CT molecular complexity index is 357. The average molecular weight is 418 g/mol. The number of hydrogen-bond acceptors (Lipinski definition) is 5. The summed E-state index contributed by atoms with van der Waals surface area (Å²) < 4.78 is 17.6. The van der Waals surface area contributed by atoms with E-state index in [2.05, 4.69) is 46.6 Å². The van der Waals surface area contributed by atoms with Crippen LogP contribution in [0.25, 0.3) is 0 Å². The van der Waals surface area contributed by atoms with Gasteiger partial charge in [0.1, 0.15) is 0 Å². The molecule has 0 aliphatic heterocycles. The van der Waals surface area contributed by atoms with Crippen molar-refractivity contribution in [1.82, 2.24) is 4.90 Å². The Morgan fingerprint density at radius 2 is 1.34 bits per heavy atom. The highest BCUT2D eigenvalue weighted by Gasteiger charge is 2.29. The van der Waals surface area contributed by atoms with E-state index in [9.17, 15) is 0 Å². The fourth-order valence-electron chi connectivity index (χ4n) is 3.22. The second-order valence-electron chi connectivity index (χ2n) is 8.97. The molecule has 0 heterocycles. The van der Waals surface area contributed by atoms with Crippen molar-refractivity contribution >= 4 is 0 Å². The Kier molecular flexibility index (Phi) is 17.4. The van der Waals surface area contributed by atoms with Crippen LogP contribution in [0.4, 0.5) is 0 Å². The first kappa shape index (κ1) is 28.8. The van der Waals surface area contributed by atoms with Crippen molar-refractivity contribution in [3.8, 4) is 0 Å². The van der Waals surface area contributed by atoms with E-state index in [0.717, 1.165) is 84.6 Å². The Morgan fingerprint density at radius 3 is 1.93 bits per heavy atom. The van der Waals surface area contributed by atoms with Crippen LogP contribution in [0.3, 0.4) is 0 Å². The van der Waals surface area contributed by atoms with E-state index in [0.29, 0.717) is 12.0 Å². The second-order valence-corrected chi connectivity index (χ2v) is 8.97. The molecule has 5 heteroatoms. The van der Waals surface area contributed by atoms with E-state index < -0.39 is 0 Å². The predicted octanol–water partition coefficient (Wildman–Crippen LogP) is 4.76. The summed E-state index contributed by atoms with van der Waals surface area (Å²) >= 11 is 0. The molecule has 0 aliphatic rings. The SMILES string of the molecule is CCC(C)(CC)COCC(CC)(CC)COCCN(C)CCCCCOCCO. The number of unbranched alkanes of at least 4 members (excludes halogenated alkanes) is 2. The van der Waals surface area contributed by atoms with Crippen molar-refractivity contribution in [2.24, 2.45) is 10.8 Å². The molecule has 0 rings (SSSR count). The van der Waals surface area contributed by atoms with Gasteiger partial charge in [-0.05, 0) is 64.0 Å². The molecular formula is C24H51NO4. The summed E-state index contributed by atoms with van der Waals surface area (Å²) in [5.74, 6) is 0. The summed E-state index contributed by atoms with van der Waals surface area (Å²) in [6.07, 6.45) is 7.90. The molecule has 0 aliphatic carbocycles. The maximum atomic E-state index is 8.67. The van der Waals surface area contributed by atoms with Gasteiger partial charge in [-0.25, -0.2) is 0 Å². The maximum absolute atomic E-state index is 8.67. The maximum Gasteiger partial charge on any atom is 0.0697 e. The molecule has 0 radical (unpaired) electrons. The van der Waals surface area contributed by atoms with E-state index >= 15 is 0 Å². The molecule has 176 valence electrons. The normalized spacial score (nSPS) is 12.8. The Hall–Kier alpha value is -0.200. The third kappa shape index (κ3) is 13.7. The van der Waals surface area contributed by atoms with Crippen molar-refractivity contribution in [3.63, 3.8) is 0 Å². The minimum Gasteiger partial charge on any atom is -0.394 e. The molecule has 5 nitrogen and oxygen atoms in total. The van der Waals surface area contributed by atoms with Crippen molar-refractivity contribution in [2.75, 3.05) is 66.4 Å². The highest BCUT2D eigenvalue weighted by atomic mass is 16.5. The van der Waals surface area contributed by atoms with Gasteiger partial charge in [0.25, 0.3) is 0 Å². The van der Waals surface area contributed by atoms with Crippen LogP contribution in [0.15, 0.2) is 0 Å². The number of ether oxygens (including phenoxy) is 3. The van der Waals surface area contributed by atoms with Crippen LogP contribution in [0.5, 0.6) is 0 Å². The van der Waals surface area contributed by atoms with Gasteiger partial charge in [0.2, 0.25) is 0 Å². The lowest BCUT2D eigenvalue weighted by molar-refractivity contribution is -0.0509. The van der Waals surface area contributed by atoms with Crippen molar-refractivity contribution in [2.45, 2.75) is 79.6 Å². The smallest absolute Gasteiger partial charge is 0.0697 e. The van der Waals surface area contributed by atoms with Gasteiger partial charge in [0.05, 0.1) is 39.6 Å². The molecule has 0 fully saturated rings. The summed E-state index contributed by atoms with van der Waals surface area (Å²) in [5, 5.41) is 8.67.